The van der Waals surface area contributed by atoms with Crippen LogP contribution in [0.3, 0.4) is 0 Å². The van der Waals surface area contributed by atoms with Crippen LogP contribution in [-0.4, -0.2) is 34.1 Å². The van der Waals surface area contributed by atoms with Crippen LogP contribution in [0.15, 0.2) is 54.6 Å². The summed E-state index contributed by atoms with van der Waals surface area (Å²) >= 11 is 3.51. The second kappa shape index (κ2) is 8.48. The van der Waals surface area contributed by atoms with E-state index in [1.165, 1.54) is 11.1 Å². The van der Waals surface area contributed by atoms with Gasteiger partial charge < -0.3 is 10.2 Å². The Morgan fingerprint density at radius 1 is 1.11 bits per heavy atom. The van der Waals surface area contributed by atoms with E-state index < -0.39 is 6.04 Å². The second-order valence-corrected chi connectivity index (χ2v) is 8.77. The SMILES string of the molecule is O=C(NC1Cc2ccccc2C2CCCCN2C1=O)[C@@H](Br)Cc1ccccc1. The van der Waals surface area contributed by atoms with Gasteiger partial charge in [0.2, 0.25) is 11.8 Å². The van der Waals surface area contributed by atoms with Gasteiger partial charge in [0.25, 0.3) is 0 Å². The van der Waals surface area contributed by atoms with Gasteiger partial charge in [-0.1, -0.05) is 70.5 Å². The summed E-state index contributed by atoms with van der Waals surface area (Å²) in [6, 6.07) is 17.8. The van der Waals surface area contributed by atoms with Crippen molar-refractivity contribution in [3.63, 3.8) is 0 Å². The number of rotatable bonds is 4. The molecule has 0 radical (unpaired) electrons. The van der Waals surface area contributed by atoms with E-state index >= 15 is 0 Å². The fourth-order valence-electron chi connectivity index (χ4n) is 4.36. The summed E-state index contributed by atoms with van der Waals surface area (Å²) in [6.07, 6.45) is 4.31. The quantitative estimate of drug-likeness (QED) is 0.735. The summed E-state index contributed by atoms with van der Waals surface area (Å²) < 4.78 is 0. The van der Waals surface area contributed by atoms with Crippen LogP contribution in [0.5, 0.6) is 0 Å². The molecule has 0 bridgehead atoms. The van der Waals surface area contributed by atoms with Crippen molar-refractivity contribution in [3.8, 4) is 0 Å². The number of carbonyl (C=O) groups excluding carboxylic acids is 2. The van der Waals surface area contributed by atoms with Crippen LogP contribution in [0.25, 0.3) is 0 Å². The summed E-state index contributed by atoms with van der Waals surface area (Å²) in [6.45, 7) is 0.770. The van der Waals surface area contributed by atoms with Gasteiger partial charge in [-0.25, -0.2) is 0 Å². The minimum Gasteiger partial charge on any atom is -0.343 e. The molecule has 1 fully saturated rings. The largest absolute Gasteiger partial charge is 0.343 e. The van der Waals surface area contributed by atoms with E-state index in [0.29, 0.717) is 12.8 Å². The van der Waals surface area contributed by atoms with Crippen molar-refractivity contribution >= 4 is 27.7 Å². The first-order valence-electron chi connectivity index (χ1n) is 10.00. The minimum absolute atomic E-state index is 0.0497. The maximum absolute atomic E-state index is 13.3. The fourth-order valence-corrected chi connectivity index (χ4v) is 4.87. The molecule has 0 saturated carbocycles. The van der Waals surface area contributed by atoms with Crippen LogP contribution in [0.2, 0.25) is 0 Å². The van der Waals surface area contributed by atoms with Crippen LogP contribution in [-0.2, 0) is 22.4 Å². The lowest BCUT2D eigenvalue weighted by Crippen LogP contribution is -2.51. The minimum atomic E-state index is -0.507. The van der Waals surface area contributed by atoms with Gasteiger partial charge in [0.05, 0.1) is 10.9 Å². The highest BCUT2D eigenvalue weighted by Crippen LogP contribution is 2.36. The Hall–Kier alpha value is -2.14. The maximum Gasteiger partial charge on any atom is 0.246 e. The predicted octanol–water partition coefficient (Wildman–Crippen LogP) is 3.79. The van der Waals surface area contributed by atoms with Crippen molar-refractivity contribution in [2.75, 3.05) is 6.54 Å². The van der Waals surface area contributed by atoms with Gasteiger partial charge in [0.15, 0.2) is 0 Å². The van der Waals surface area contributed by atoms with Crippen molar-refractivity contribution in [3.05, 3.63) is 71.3 Å². The lowest BCUT2D eigenvalue weighted by molar-refractivity contribution is -0.139. The van der Waals surface area contributed by atoms with Crippen LogP contribution in [0.4, 0.5) is 0 Å². The number of amides is 2. The van der Waals surface area contributed by atoms with Crippen molar-refractivity contribution in [1.29, 1.82) is 0 Å². The van der Waals surface area contributed by atoms with Gasteiger partial charge in [-0.2, -0.15) is 0 Å². The number of halogens is 1. The number of nitrogens with one attached hydrogen (secondary N) is 1. The number of benzene rings is 2. The van der Waals surface area contributed by atoms with E-state index in [0.717, 1.165) is 31.4 Å². The molecular weight excluding hydrogens is 416 g/mol. The molecule has 0 aliphatic carbocycles. The molecule has 0 aromatic heterocycles. The molecule has 2 heterocycles. The molecule has 5 heteroatoms. The molecule has 3 atom stereocenters. The van der Waals surface area contributed by atoms with Gasteiger partial charge >= 0.3 is 0 Å². The van der Waals surface area contributed by atoms with Gasteiger partial charge in [-0.3, -0.25) is 9.59 Å². The Morgan fingerprint density at radius 2 is 1.86 bits per heavy atom. The molecule has 1 saturated heterocycles. The van der Waals surface area contributed by atoms with E-state index in [9.17, 15) is 9.59 Å². The highest BCUT2D eigenvalue weighted by molar-refractivity contribution is 9.10. The molecule has 1 N–H and O–H groups in total. The average molecular weight is 441 g/mol. The Bertz CT molecular complexity index is 855. The highest BCUT2D eigenvalue weighted by Gasteiger charge is 2.38. The van der Waals surface area contributed by atoms with E-state index in [1.807, 2.05) is 47.4 Å². The summed E-state index contributed by atoms with van der Waals surface area (Å²) in [5.41, 5.74) is 3.50. The average Bonchev–Trinajstić information content (AvgIpc) is 2.84. The van der Waals surface area contributed by atoms with Crippen molar-refractivity contribution in [1.82, 2.24) is 10.2 Å². The second-order valence-electron chi connectivity index (χ2n) is 7.66. The number of hydrogen-bond donors (Lipinski definition) is 1. The Kier molecular flexibility index (Phi) is 5.81. The molecule has 2 aromatic rings. The Balaban J connectivity index is 1.52. The zero-order valence-electron chi connectivity index (χ0n) is 15.8. The maximum atomic E-state index is 13.3. The monoisotopic (exact) mass is 440 g/mol. The Labute approximate surface area is 174 Å². The van der Waals surface area contributed by atoms with Gasteiger partial charge in [0, 0.05) is 13.0 Å². The standard InChI is InChI=1S/C23H25BrN2O2/c24-19(14-16-8-2-1-3-9-16)22(27)25-20-15-17-10-4-5-11-18(17)21-12-6-7-13-26(21)23(20)28/h1-5,8-11,19-21H,6-7,12-15H2,(H,25,27)/t19-,20?,21?/m0/s1. The first-order valence-corrected chi connectivity index (χ1v) is 10.9. The van der Waals surface area contributed by atoms with E-state index in [4.69, 9.17) is 0 Å². The molecule has 0 spiro atoms. The smallest absolute Gasteiger partial charge is 0.246 e. The zero-order valence-corrected chi connectivity index (χ0v) is 17.4. The van der Waals surface area contributed by atoms with E-state index in [-0.39, 0.29) is 22.7 Å². The van der Waals surface area contributed by atoms with Crippen LogP contribution in [0.1, 0.15) is 42.0 Å². The molecule has 4 rings (SSSR count). The summed E-state index contributed by atoms with van der Waals surface area (Å²) in [5, 5.41) is 3.03. The lowest BCUT2D eigenvalue weighted by atomic mass is 9.92. The number of fused-ring (bicyclic) bond motifs is 3. The van der Waals surface area contributed by atoms with Crippen molar-refractivity contribution < 1.29 is 9.59 Å². The zero-order chi connectivity index (χ0) is 19.5. The molecule has 2 aromatic carbocycles. The number of carbonyl (C=O) groups is 2. The molecular formula is C23H25BrN2O2. The summed E-state index contributed by atoms with van der Waals surface area (Å²) in [7, 11) is 0. The topological polar surface area (TPSA) is 49.4 Å². The van der Waals surface area contributed by atoms with E-state index in [1.54, 1.807) is 0 Å². The molecule has 2 unspecified atom stereocenters. The van der Waals surface area contributed by atoms with Gasteiger partial charge in [0.1, 0.15) is 6.04 Å². The molecule has 2 aliphatic rings. The summed E-state index contributed by atoms with van der Waals surface area (Å²) in [4.78, 5) is 27.7. The van der Waals surface area contributed by atoms with Gasteiger partial charge in [-0.05, 0) is 42.4 Å². The first kappa shape index (κ1) is 19.2. The van der Waals surface area contributed by atoms with Gasteiger partial charge in [-0.15, -0.1) is 0 Å². The van der Waals surface area contributed by atoms with Crippen LogP contribution >= 0.6 is 15.9 Å². The molecule has 2 amide bonds. The third-order valence-electron chi connectivity index (χ3n) is 5.78. The number of nitrogens with zero attached hydrogens (tertiary/aromatic N) is 1. The fraction of sp³-hybridized carbons (Fsp3) is 0.391. The van der Waals surface area contributed by atoms with Crippen LogP contribution < -0.4 is 5.32 Å². The predicted molar refractivity (Wildman–Crippen MR) is 113 cm³/mol. The number of piperidine rings is 1. The third kappa shape index (κ3) is 4.00. The molecule has 4 nitrogen and oxygen atoms in total. The first-order chi connectivity index (χ1) is 13.6. The lowest BCUT2D eigenvalue weighted by Gasteiger charge is -2.36. The van der Waals surface area contributed by atoms with Crippen molar-refractivity contribution in [2.24, 2.45) is 0 Å². The van der Waals surface area contributed by atoms with Crippen LogP contribution in [0, 0.1) is 0 Å². The van der Waals surface area contributed by atoms with E-state index in [2.05, 4.69) is 33.4 Å². The Morgan fingerprint density at radius 3 is 2.68 bits per heavy atom. The normalized spacial score (nSPS) is 22.6. The summed E-state index contributed by atoms with van der Waals surface area (Å²) in [5.74, 6) is -0.0798. The van der Waals surface area contributed by atoms with Crippen molar-refractivity contribution in [2.45, 2.75) is 49.0 Å². The third-order valence-corrected chi connectivity index (χ3v) is 6.52. The number of hydrogen-bond acceptors (Lipinski definition) is 2. The number of alkyl halides is 1. The molecule has 2 aliphatic heterocycles. The molecule has 146 valence electrons. The molecule has 28 heavy (non-hydrogen) atoms. The highest BCUT2D eigenvalue weighted by atomic mass is 79.9.